The van der Waals surface area contributed by atoms with Crippen molar-refractivity contribution in [2.24, 2.45) is 0 Å². The molecule has 16 heavy (non-hydrogen) atoms. The summed E-state index contributed by atoms with van der Waals surface area (Å²) in [5.41, 5.74) is 1.21. The fraction of sp³-hybridized carbons (Fsp3) is 0.308. The maximum absolute atomic E-state index is 11.8. The Morgan fingerprint density at radius 3 is 2.94 bits per heavy atom. The van der Waals surface area contributed by atoms with E-state index in [0.717, 1.165) is 5.56 Å². The largest absolute Gasteiger partial charge is 0.507 e. The number of carbonyl (C=O) groups excluding carboxylic acids is 1. The van der Waals surface area contributed by atoms with Gasteiger partial charge in [-0.25, -0.2) is 0 Å². The number of phenolic OH excluding ortho intramolecular Hbond substituents is 1. The molecule has 0 heterocycles. The number of amides is 1. The molecule has 0 bridgehead atoms. The van der Waals surface area contributed by atoms with Crippen molar-refractivity contribution in [1.82, 2.24) is 5.32 Å². The highest BCUT2D eigenvalue weighted by molar-refractivity contribution is 5.97. The second-order valence-corrected chi connectivity index (χ2v) is 3.80. The van der Waals surface area contributed by atoms with E-state index in [1.165, 1.54) is 6.07 Å². The molecule has 84 valence electrons. The number of carbonyl (C=O) groups is 1. The van der Waals surface area contributed by atoms with Crippen LogP contribution in [0.3, 0.4) is 0 Å². The highest BCUT2D eigenvalue weighted by Gasteiger charge is 2.13. The van der Waals surface area contributed by atoms with Crippen LogP contribution in [-0.4, -0.2) is 17.1 Å². The third-order valence-corrected chi connectivity index (χ3v) is 2.20. The first-order valence-corrected chi connectivity index (χ1v) is 5.08. The Bertz CT molecular complexity index is 432. The molecule has 1 aromatic rings. The average Bonchev–Trinajstić information content (AvgIpc) is 2.21. The first kappa shape index (κ1) is 12.1. The fourth-order valence-corrected chi connectivity index (χ4v) is 1.36. The van der Waals surface area contributed by atoms with Gasteiger partial charge in [0.1, 0.15) is 5.75 Å². The number of aryl methyl sites for hydroxylation is 1. The Labute approximate surface area is 95.5 Å². The summed E-state index contributed by atoms with van der Waals surface area (Å²) in [6, 6.07) is 4.80. The first-order chi connectivity index (χ1) is 7.54. The Balaban J connectivity index is 2.81. The second kappa shape index (κ2) is 5.22. The number of hydrogen-bond acceptors (Lipinski definition) is 2. The van der Waals surface area contributed by atoms with Gasteiger partial charge in [0.15, 0.2) is 0 Å². The minimum absolute atomic E-state index is 0.0176. The van der Waals surface area contributed by atoms with Crippen LogP contribution < -0.4 is 5.32 Å². The van der Waals surface area contributed by atoms with Crippen molar-refractivity contribution in [2.45, 2.75) is 26.3 Å². The van der Waals surface area contributed by atoms with Gasteiger partial charge in [-0.2, -0.15) is 0 Å². The van der Waals surface area contributed by atoms with E-state index >= 15 is 0 Å². The zero-order valence-electron chi connectivity index (χ0n) is 9.45. The zero-order chi connectivity index (χ0) is 12.1. The van der Waals surface area contributed by atoms with E-state index in [1.54, 1.807) is 12.1 Å². The molecule has 0 aliphatic heterocycles. The summed E-state index contributed by atoms with van der Waals surface area (Å²) < 4.78 is 0. The number of aromatic hydroxyl groups is 1. The summed E-state index contributed by atoms with van der Waals surface area (Å²) in [6.45, 7) is 3.69. The molecule has 0 aliphatic carbocycles. The predicted molar refractivity (Wildman–Crippen MR) is 63.2 cm³/mol. The molecule has 1 rings (SSSR count). The van der Waals surface area contributed by atoms with E-state index in [2.05, 4.69) is 11.2 Å². The molecule has 1 atom stereocenters. The number of phenols is 1. The van der Waals surface area contributed by atoms with Crippen LogP contribution in [-0.2, 0) is 0 Å². The van der Waals surface area contributed by atoms with Crippen molar-refractivity contribution in [1.29, 1.82) is 0 Å². The van der Waals surface area contributed by atoms with Gasteiger partial charge in [-0.1, -0.05) is 11.6 Å². The Hall–Kier alpha value is -1.95. The van der Waals surface area contributed by atoms with Gasteiger partial charge in [-0.15, -0.1) is 12.3 Å². The van der Waals surface area contributed by atoms with Crippen LogP contribution in [0.1, 0.15) is 29.3 Å². The summed E-state index contributed by atoms with van der Waals surface area (Å²) in [7, 11) is 0. The van der Waals surface area contributed by atoms with Crippen molar-refractivity contribution in [3.8, 4) is 18.1 Å². The van der Waals surface area contributed by atoms with Gasteiger partial charge in [-0.3, -0.25) is 4.79 Å². The number of hydrogen-bond donors (Lipinski definition) is 2. The third kappa shape index (κ3) is 3.03. The second-order valence-electron chi connectivity index (χ2n) is 3.80. The number of benzene rings is 1. The summed E-state index contributed by atoms with van der Waals surface area (Å²) in [5.74, 6) is 2.15. The zero-order valence-corrected chi connectivity index (χ0v) is 9.45. The van der Waals surface area contributed by atoms with Gasteiger partial charge in [0.2, 0.25) is 0 Å². The minimum Gasteiger partial charge on any atom is -0.507 e. The van der Waals surface area contributed by atoms with E-state index in [4.69, 9.17) is 6.42 Å². The van der Waals surface area contributed by atoms with Crippen molar-refractivity contribution in [2.75, 3.05) is 0 Å². The molecule has 0 aromatic heterocycles. The minimum atomic E-state index is -0.302. The molecule has 1 amide bonds. The van der Waals surface area contributed by atoms with E-state index in [-0.39, 0.29) is 23.3 Å². The first-order valence-electron chi connectivity index (χ1n) is 5.08. The lowest BCUT2D eigenvalue weighted by Crippen LogP contribution is -2.32. The van der Waals surface area contributed by atoms with Gasteiger partial charge in [0.25, 0.3) is 5.91 Å². The molecule has 0 aliphatic rings. The van der Waals surface area contributed by atoms with Gasteiger partial charge >= 0.3 is 0 Å². The molecule has 1 unspecified atom stereocenters. The topological polar surface area (TPSA) is 49.3 Å². The molecule has 0 saturated carbocycles. The quantitative estimate of drug-likeness (QED) is 0.759. The maximum Gasteiger partial charge on any atom is 0.255 e. The van der Waals surface area contributed by atoms with E-state index in [9.17, 15) is 9.90 Å². The molecule has 0 saturated heterocycles. The van der Waals surface area contributed by atoms with E-state index in [1.807, 2.05) is 13.8 Å². The molecule has 1 aromatic carbocycles. The number of nitrogens with one attached hydrogen (secondary N) is 1. The van der Waals surface area contributed by atoms with Crippen molar-refractivity contribution >= 4 is 5.91 Å². The summed E-state index contributed by atoms with van der Waals surface area (Å²) in [6.07, 6.45) is 5.62. The lowest BCUT2D eigenvalue weighted by atomic mass is 10.1. The molecule has 0 radical (unpaired) electrons. The van der Waals surface area contributed by atoms with Crippen LogP contribution in [0.15, 0.2) is 18.2 Å². The fourth-order valence-electron chi connectivity index (χ4n) is 1.36. The van der Waals surface area contributed by atoms with Crippen LogP contribution in [0.25, 0.3) is 0 Å². The van der Waals surface area contributed by atoms with Crippen molar-refractivity contribution < 1.29 is 9.90 Å². The normalized spacial score (nSPS) is 11.6. The smallest absolute Gasteiger partial charge is 0.255 e. The lowest BCUT2D eigenvalue weighted by Gasteiger charge is -2.12. The van der Waals surface area contributed by atoms with Gasteiger partial charge in [0.05, 0.1) is 5.56 Å². The molecular formula is C13H15NO2. The molecule has 3 heteroatoms. The molecule has 0 spiro atoms. The Morgan fingerprint density at radius 2 is 2.31 bits per heavy atom. The monoisotopic (exact) mass is 217 g/mol. The molecular weight excluding hydrogens is 202 g/mol. The summed E-state index contributed by atoms with van der Waals surface area (Å²) in [4.78, 5) is 11.8. The molecule has 2 N–H and O–H groups in total. The lowest BCUT2D eigenvalue weighted by molar-refractivity contribution is 0.0938. The van der Waals surface area contributed by atoms with E-state index in [0.29, 0.717) is 6.42 Å². The van der Waals surface area contributed by atoms with Gasteiger partial charge < -0.3 is 10.4 Å². The summed E-state index contributed by atoms with van der Waals surface area (Å²) in [5, 5.41) is 12.3. The van der Waals surface area contributed by atoms with Crippen molar-refractivity contribution in [3.63, 3.8) is 0 Å². The van der Waals surface area contributed by atoms with Crippen LogP contribution >= 0.6 is 0 Å². The Morgan fingerprint density at radius 1 is 1.62 bits per heavy atom. The third-order valence-electron chi connectivity index (χ3n) is 2.20. The average molecular weight is 217 g/mol. The van der Waals surface area contributed by atoms with Crippen molar-refractivity contribution in [3.05, 3.63) is 29.3 Å². The van der Waals surface area contributed by atoms with Crippen LogP contribution in [0.5, 0.6) is 5.75 Å². The predicted octanol–water partition coefficient (Wildman–Crippen LogP) is 1.84. The van der Waals surface area contributed by atoms with E-state index < -0.39 is 0 Å². The highest BCUT2D eigenvalue weighted by atomic mass is 16.3. The van der Waals surface area contributed by atoms with Crippen LogP contribution in [0, 0.1) is 19.3 Å². The molecule has 0 fully saturated rings. The Kier molecular flexibility index (Phi) is 3.96. The maximum atomic E-state index is 11.8. The number of terminal acetylenes is 1. The number of rotatable bonds is 3. The van der Waals surface area contributed by atoms with Crippen LogP contribution in [0.2, 0.25) is 0 Å². The highest BCUT2D eigenvalue weighted by Crippen LogP contribution is 2.18. The SMILES string of the molecule is C#CCC(C)NC(=O)c1cc(C)ccc1O. The van der Waals surface area contributed by atoms with Crippen LogP contribution in [0.4, 0.5) is 0 Å². The summed E-state index contributed by atoms with van der Waals surface area (Å²) >= 11 is 0. The molecule has 3 nitrogen and oxygen atoms in total. The standard InChI is InChI=1S/C13H15NO2/c1-4-5-10(3)14-13(16)11-8-9(2)6-7-12(11)15/h1,6-8,10,15H,5H2,2-3H3,(H,14,16). The van der Waals surface area contributed by atoms with Gasteiger partial charge in [0, 0.05) is 12.5 Å². The van der Waals surface area contributed by atoms with Gasteiger partial charge in [-0.05, 0) is 26.0 Å².